The zero-order valence-corrected chi connectivity index (χ0v) is 12.0. The number of alkyl halides is 1. The minimum atomic E-state index is -0.151. The van der Waals surface area contributed by atoms with E-state index in [-0.39, 0.29) is 5.41 Å². The van der Waals surface area contributed by atoms with Crippen molar-refractivity contribution in [2.45, 2.75) is 24.1 Å². The van der Waals surface area contributed by atoms with Gasteiger partial charge in [-0.15, -0.1) is 11.6 Å². The molecule has 3 nitrogen and oxygen atoms in total. The highest BCUT2D eigenvalue weighted by Gasteiger charge is 2.38. The molecule has 1 aromatic carbocycles. The van der Waals surface area contributed by atoms with Gasteiger partial charge >= 0.3 is 0 Å². The van der Waals surface area contributed by atoms with Crippen molar-refractivity contribution < 1.29 is 4.74 Å². The molecule has 1 saturated heterocycles. The summed E-state index contributed by atoms with van der Waals surface area (Å²) in [5.74, 6) is 1.28. The molecule has 4 heteroatoms. The zero-order chi connectivity index (χ0) is 13.8. The molecular weight excluding hydrogens is 272 g/mol. The van der Waals surface area contributed by atoms with E-state index in [0.29, 0.717) is 5.88 Å². The molecule has 1 aliphatic heterocycles. The fourth-order valence-electron chi connectivity index (χ4n) is 2.82. The second-order valence-corrected chi connectivity index (χ2v) is 5.33. The third-order valence-electron chi connectivity index (χ3n) is 3.95. The summed E-state index contributed by atoms with van der Waals surface area (Å²) < 4.78 is 5.54. The van der Waals surface area contributed by atoms with Crippen molar-refractivity contribution in [3.8, 4) is 0 Å². The number of ether oxygens (including phenoxy) is 1. The van der Waals surface area contributed by atoms with Gasteiger partial charge in [-0.1, -0.05) is 30.3 Å². The topological polar surface area (TPSA) is 35.0 Å². The van der Waals surface area contributed by atoms with E-state index in [2.05, 4.69) is 34.2 Å². The molecular formula is C16H17ClN2O. The first-order valence-corrected chi connectivity index (χ1v) is 7.40. The van der Waals surface area contributed by atoms with Crippen LogP contribution in [0.25, 0.3) is 0 Å². The Hall–Kier alpha value is -1.45. The van der Waals surface area contributed by atoms with E-state index in [1.165, 1.54) is 5.56 Å². The van der Waals surface area contributed by atoms with Crippen LogP contribution in [0.3, 0.4) is 0 Å². The molecule has 0 saturated carbocycles. The Labute approximate surface area is 124 Å². The van der Waals surface area contributed by atoms with Crippen molar-refractivity contribution in [1.29, 1.82) is 0 Å². The third-order valence-corrected chi connectivity index (χ3v) is 4.22. The number of hydrogen-bond acceptors (Lipinski definition) is 3. The lowest BCUT2D eigenvalue weighted by atomic mass is 9.73. The van der Waals surface area contributed by atoms with Gasteiger partial charge in [0.05, 0.1) is 17.0 Å². The van der Waals surface area contributed by atoms with Crippen molar-refractivity contribution in [3.05, 3.63) is 59.7 Å². The Morgan fingerprint density at radius 2 is 1.85 bits per heavy atom. The minimum Gasteiger partial charge on any atom is -0.381 e. The van der Waals surface area contributed by atoms with Crippen molar-refractivity contribution in [2.24, 2.45) is 0 Å². The second kappa shape index (κ2) is 5.90. The van der Waals surface area contributed by atoms with Crippen LogP contribution in [-0.4, -0.2) is 23.2 Å². The summed E-state index contributed by atoms with van der Waals surface area (Å²) in [5, 5.41) is 0. The van der Waals surface area contributed by atoms with E-state index >= 15 is 0 Å². The minimum absolute atomic E-state index is 0.151. The van der Waals surface area contributed by atoms with Gasteiger partial charge in [-0.25, -0.2) is 9.97 Å². The van der Waals surface area contributed by atoms with Gasteiger partial charge in [0.25, 0.3) is 0 Å². The molecule has 0 N–H and O–H groups in total. The molecule has 1 fully saturated rings. The van der Waals surface area contributed by atoms with Crippen LogP contribution in [0, 0.1) is 0 Å². The number of halogens is 1. The summed E-state index contributed by atoms with van der Waals surface area (Å²) in [6, 6.07) is 12.3. The van der Waals surface area contributed by atoms with Gasteiger partial charge in [-0.3, -0.25) is 0 Å². The fraction of sp³-hybridized carbons (Fsp3) is 0.375. The maximum atomic E-state index is 5.91. The highest BCUT2D eigenvalue weighted by atomic mass is 35.5. The van der Waals surface area contributed by atoms with E-state index in [1.54, 1.807) is 6.20 Å². The Morgan fingerprint density at radius 3 is 2.55 bits per heavy atom. The molecule has 0 aliphatic carbocycles. The van der Waals surface area contributed by atoms with Gasteiger partial charge in [0.15, 0.2) is 0 Å². The molecule has 0 bridgehead atoms. The summed E-state index contributed by atoms with van der Waals surface area (Å²) in [5.41, 5.74) is 1.98. The van der Waals surface area contributed by atoms with Crippen LogP contribution < -0.4 is 0 Å². The maximum absolute atomic E-state index is 5.91. The van der Waals surface area contributed by atoms with Crippen LogP contribution in [-0.2, 0) is 16.0 Å². The number of hydrogen-bond donors (Lipinski definition) is 0. The Morgan fingerprint density at radius 1 is 1.10 bits per heavy atom. The van der Waals surface area contributed by atoms with Crippen molar-refractivity contribution in [3.63, 3.8) is 0 Å². The number of benzene rings is 1. The number of rotatable bonds is 3. The predicted octanol–water partition coefficient (Wildman–Crippen LogP) is 3.31. The summed E-state index contributed by atoms with van der Waals surface area (Å²) in [6.07, 6.45) is 3.62. The van der Waals surface area contributed by atoms with Crippen LogP contribution in [0.4, 0.5) is 0 Å². The lowest BCUT2D eigenvalue weighted by Crippen LogP contribution is -2.36. The van der Waals surface area contributed by atoms with E-state index in [4.69, 9.17) is 16.3 Å². The fourth-order valence-corrected chi connectivity index (χ4v) is 2.97. The van der Waals surface area contributed by atoms with Crippen LogP contribution in [0.2, 0.25) is 0 Å². The summed E-state index contributed by atoms with van der Waals surface area (Å²) in [6.45, 7) is 1.48. The summed E-state index contributed by atoms with van der Waals surface area (Å²) in [4.78, 5) is 9.20. The Balaban J connectivity index is 2.10. The normalized spacial score (nSPS) is 17.9. The maximum Gasteiger partial charge on any atom is 0.139 e. The zero-order valence-electron chi connectivity index (χ0n) is 11.3. The van der Waals surface area contributed by atoms with Crippen LogP contribution in [0.15, 0.2) is 42.6 Å². The van der Waals surface area contributed by atoms with Crippen molar-refractivity contribution in [2.75, 3.05) is 13.2 Å². The SMILES string of the molecule is ClCc1ccnc(C2(c3ccccc3)CCOCC2)n1. The molecule has 0 radical (unpaired) electrons. The third kappa shape index (κ3) is 2.43. The molecule has 20 heavy (non-hydrogen) atoms. The van der Waals surface area contributed by atoms with E-state index in [1.807, 2.05) is 12.1 Å². The van der Waals surface area contributed by atoms with Gasteiger partial charge in [-0.2, -0.15) is 0 Å². The van der Waals surface area contributed by atoms with E-state index in [9.17, 15) is 0 Å². The smallest absolute Gasteiger partial charge is 0.139 e. The first-order chi connectivity index (χ1) is 9.85. The second-order valence-electron chi connectivity index (χ2n) is 5.07. The van der Waals surface area contributed by atoms with Crippen LogP contribution in [0.1, 0.15) is 29.9 Å². The molecule has 0 unspecified atom stereocenters. The predicted molar refractivity (Wildman–Crippen MR) is 78.9 cm³/mol. The van der Waals surface area contributed by atoms with Crippen molar-refractivity contribution in [1.82, 2.24) is 9.97 Å². The van der Waals surface area contributed by atoms with Gasteiger partial charge in [0.2, 0.25) is 0 Å². The van der Waals surface area contributed by atoms with Crippen LogP contribution >= 0.6 is 11.6 Å². The Bertz CT molecular complexity index is 568. The lowest BCUT2D eigenvalue weighted by Gasteiger charge is -2.36. The molecule has 2 aromatic rings. The van der Waals surface area contributed by atoms with Gasteiger partial charge < -0.3 is 4.74 Å². The van der Waals surface area contributed by atoms with Gasteiger partial charge in [0, 0.05) is 19.4 Å². The molecule has 104 valence electrons. The lowest BCUT2D eigenvalue weighted by molar-refractivity contribution is 0.0604. The number of aromatic nitrogens is 2. The Kier molecular flexibility index (Phi) is 3.99. The molecule has 0 spiro atoms. The largest absolute Gasteiger partial charge is 0.381 e. The number of nitrogens with zero attached hydrogens (tertiary/aromatic N) is 2. The quantitative estimate of drug-likeness (QED) is 0.813. The highest BCUT2D eigenvalue weighted by Crippen LogP contribution is 2.39. The van der Waals surface area contributed by atoms with E-state index < -0.39 is 0 Å². The summed E-state index contributed by atoms with van der Waals surface area (Å²) >= 11 is 5.91. The van der Waals surface area contributed by atoms with Gasteiger partial charge in [-0.05, 0) is 24.5 Å². The summed E-state index contributed by atoms with van der Waals surface area (Å²) in [7, 11) is 0. The average Bonchev–Trinajstić information content (AvgIpc) is 2.56. The molecule has 1 aliphatic rings. The van der Waals surface area contributed by atoms with Gasteiger partial charge in [0.1, 0.15) is 5.82 Å². The molecule has 1 aromatic heterocycles. The first-order valence-electron chi connectivity index (χ1n) is 6.87. The van der Waals surface area contributed by atoms with Crippen LogP contribution in [0.5, 0.6) is 0 Å². The molecule has 0 atom stereocenters. The van der Waals surface area contributed by atoms with E-state index in [0.717, 1.165) is 37.6 Å². The average molecular weight is 289 g/mol. The molecule has 2 heterocycles. The molecule has 0 amide bonds. The molecule has 3 rings (SSSR count). The van der Waals surface area contributed by atoms with Crippen molar-refractivity contribution >= 4 is 11.6 Å². The highest BCUT2D eigenvalue weighted by molar-refractivity contribution is 6.16. The first kappa shape index (κ1) is 13.5. The monoisotopic (exact) mass is 288 g/mol. The standard InChI is InChI=1S/C16H17ClN2O/c17-12-14-6-9-18-15(19-14)16(7-10-20-11-8-16)13-4-2-1-3-5-13/h1-6,9H,7-8,10-12H2.